The van der Waals surface area contributed by atoms with E-state index in [0.717, 1.165) is 13.0 Å². The molecule has 0 bridgehead atoms. The smallest absolute Gasteiger partial charge is 0.169 e. The lowest BCUT2D eigenvalue weighted by Crippen LogP contribution is -2.28. The van der Waals surface area contributed by atoms with Gasteiger partial charge in [0, 0.05) is 19.4 Å². The van der Waals surface area contributed by atoms with Gasteiger partial charge in [-0.15, -0.1) is 0 Å². The van der Waals surface area contributed by atoms with Crippen LogP contribution in [-0.4, -0.2) is 29.8 Å². The molecule has 0 saturated heterocycles. The van der Waals surface area contributed by atoms with Gasteiger partial charge in [-0.05, 0) is 6.42 Å². The number of amidine groups is 1. The molecular formula is C9H12N2O2. The van der Waals surface area contributed by atoms with E-state index < -0.39 is 0 Å². The van der Waals surface area contributed by atoms with Crippen molar-refractivity contribution in [3.05, 3.63) is 11.3 Å². The van der Waals surface area contributed by atoms with Crippen LogP contribution in [0, 0.1) is 0 Å². The van der Waals surface area contributed by atoms with Crippen LogP contribution in [0.4, 0.5) is 0 Å². The Labute approximate surface area is 76.4 Å². The number of aliphatic imine (C=N–C) groups is 1. The predicted octanol–water partition coefficient (Wildman–Crippen LogP) is 0.553. The molecule has 2 N–H and O–H groups in total. The van der Waals surface area contributed by atoms with Crippen molar-refractivity contribution in [2.75, 3.05) is 13.1 Å². The lowest BCUT2D eigenvalue weighted by atomic mass is 9.95. The summed E-state index contributed by atoms with van der Waals surface area (Å²) in [4.78, 5) is 15.6. The van der Waals surface area contributed by atoms with Crippen molar-refractivity contribution in [3.63, 3.8) is 0 Å². The van der Waals surface area contributed by atoms with Gasteiger partial charge in [0.15, 0.2) is 5.78 Å². The van der Waals surface area contributed by atoms with Gasteiger partial charge < -0.3 is 10.4 Å². The zero-order chi connectivity index (χ0) is 9.26. The van der Waals surface area contributed by atoms with E-state index in [1.165, 1.54) is 0 Å². The molecule has 1 heterocycles. The number of nitrogens with one attached hydrogen (secondary N) is 1. The first kappa shape index (κ1) is 8.29. The van der Waals surface area contributed by atoms with Crippen molar-refractivity contribution in [2.24, 2.45) is 4.99 Å². The normalized spacial score (nSPS) is 23.1. The predicted molar refractivity (Wildman–Crippen MR) is 48.8 cm³/mol. The van der Waals surface area contributed by atoms with Crippen LogP contribution in [0.15, 0.2) is 16.3 Å². The summed E-state index contributed by atoms with van der Waals surface area (Å²) < 4.78 is 0. The first-order valence-corrected chi connectivity index (χ1v) is 4.53. The van der Waals surface area contributed by atoms with E-state index in [1.54, 1.807) is 0 Å². The van der Waals surface area contributed by atoms with Crippen molar-refractivity contribution < 1.29 is 9.90 Å². The molecule has 0 aromatic carbocycles. The third-order valence-corrected chi connectivity index (χ3v) is 2.30. The number of hydrogen-bond donors (Lipinski definition) is 2. The number of rotatable bonds is 1. The number of aliphatic hydroxyl groups excluding tert-OH is 1. The molecule has 0 aromatic heterocycles. The van der Waals surface area contributed by atoms with E-state index in [0.29, 0.717) is 30.8 Å². The Balaban J connectivity index is 2.32. The van der Waals surface area contributed by atoms with Crippen LogP contribution >= 0.6 is 0 Å². The Bertz CT molecular complexity index is 305. The molecular weight excluding hydrogens is 168 g/mol. The molecule has 2 aliphatic rings. The Morgan fingerprint density at radius 1 is 1.38 bits per heavy atom. The summed E-state index contributed by atoms with van der Waals surface area (Å²) in [6.45, 7) is 1.46. The monoisotopic (exact) mass is 180 g/mol. The molecule has 4 nitrogen and oxygen atoms in total. The maximum atomic E-state index is 11.5. The first-order valence-electron chi connectivity index (χ1n) is 4.53. The molecule has 0 amide bonds. The molecule has 4 heteroatoms. The van der Waals surface area contributed by atoms with Crippen LogP contribution in [0.25, 0.3) is 0 Å². The third-order valence-electron chi connectivity index (χ3n) is 2.30. The number of Topliss-reactive ketones (excluding diaryl/α,β-unsaturated/α-hetero) is 1. The molecule has 13 heavy (non-hydrogen) atoms. The van der Waals surface area contributed by atoms with Gasteiger partial charge in [-0.1, -0.05) is 0 Å². The summed E-state index contributed by atoms with van der Waals surface area (Å²) in [6.07, 6.45) is 1.88. The Hall–Kier alpha value is -1.32. The molecule has 0 spiro atoms. The second-order valence-electron chi connectivity index (χ2n) is 3.26. The summed E-state index contributed by atoms with van der Waals surface area (Å²) >= 11 is 0. The molecule has 0 fully saturated rings. The van der Waals surface area contributed by atoms with Gasteiger partial charge in [0.1, 0.15) is 11.6 Å². The average Bonchev–Trinajstić information content (AvgIpc) is 2.57. The SMILES string of the molecule is O=C1CCCC(O)=C1C1=NCCN1. The van der Waals surface area contributed by atoms with Crippen molar-refractivity contribution in [1.29, 1.82) is 0 Å². The second-order valence-corrected chi connectivity index (χ2v) is 3.26. The minimum Gasteiger partial charge on any atom is -0.511 e. The zero-order valence-electron chi connectivity index (χ0n) is 7.34. The number of aliphatic hydroxyl groups is 1. The highest BCUT2D eigenvalue weighted by Gasteiger charge is 2.25. The highest BCUT2D eigenvalue weighted by atomic mass is 16.3. The number of ketones is 1. The van der Waals surface area contributed by atoms with Gasteiger partial charge in [0.25, 0.3) is 0 Å². The molecule has 0 unspecified atom stereocenters. The third kappa shape index (κ3) is 1.43. The van der Waals surface area contributed by atoms with Crippen molar-refractivity contribution in [3.8, 4) is 0 Å². The summed E-state index contributed by atoms with van der Waals surface area (Å²) in [7, 11) is 0. The molecule has 0 atom stereocenters. The maximum Gasteiger partial charge on any atom is 0.169 e. The van der Waals surface area contributed by atoms with Crippen LogP contribution < -0.4 is 5.32 Å². The van der Waals surface area contributed by atoms with E-state index in [1.807, 2.05) is 0 Å². The highest BCUT2D eigenvalue weighted by Crippen LogP contribution is 2.21. The summed E-state index contributed by atoms with van der Waals surface area (Å²) in [5.41, 5.74) is 0.420. The maximum absolute atomic E-state index is 11.5. The largest absolute Gasteiger partial charge is 0.511 e. The lowest BCUT2D eigenvalue weighted by molar-refractivity contribution is -0.115. The number of carbonyl (C=O) groups excluding carboxylic acids is 1. The minimum atomic E-state index is 0.0110. The van der Waals surface area contributed by atoms with Gasteiger partial charge in [0.05, 0.1) is 12.1 Å². The molecule has 1 aliphatic carbocycles. The van der Waals surface area contributed by atoms with E-state index in [-0.39, 0.29) is 11.5 Å². The van der Waals surface area contributed by atoms with Gasteiger partial charge in [-0.2, -0.15) is 0 Å². The second kappa shape index (κ2) is 3.20. The van der Waals surface area contributed by atoms with Gasteiger partial charge >= 0.3 is 0 Å². The standard InChI is InChI=1S/C9H12N2O2/c12-6-2-1-3-7(13)8(6)9-10-4-5-11-9/h12H,1-5H2,(H,10,11). The molecule has 1 aliphatic heterocycles. The number of hydrogen-bond acceptors (Lipinski definition) is 4. The average molecular weight is 180 g/mol. The molecule has 0 aromatic rings. The van der Waals surface area contributed by atoms with Crippen LogP contribution in [0.5, 0.6) is 0 Å². The van der Waals surface area contributed by atoms with Crippen LogP contribution in [-0.2, 0) is 4.79 Å². The Morgan fingerprint density at radius 2 is 2.23 bits per heavy atom. The fraction of sp³-hybridized carbons (Fsp3) is 0.556. The van der Waals surface area contributed by atoms with Gasteiger partial charge in [0.2, 0.25) is 0 Å². The fourth-order valence-electron chi connectivity index (χ4n) is 1.66. The summed E-state index contributed by atoms with van der Waals surface area (Å²) in [5.74, 6) is 0.795. The van der Waals surface area contributed by atoms with E-state index in [2.05, 4.69) is 10.3 Å². The van der Waals surface area contributed by atoms with Crippen LogP contribution in [0.3, 0.4) is 0 Å². The van der Waals surface area contributed by atoms with Gasteiger partial charge in [-0.25, -0.2) is 0 Å². The summed E-state index contributed by atoms with van der Waals surface area (Å²) in [5, 5.41) is 12.5. The fourth-order valence-corrected chi connectivity index (χ4v) is 1.66. The van der Waals surface area contributed by atoms with E-state index in [9.17, 15) is 9.90 Å². The topological polar surface area (TPSA) is 61.7 Å². The quantitative estimate of drug-likeness (QED) is 0.619. The molecule has 70 valence electrons. The molecule has 0 radical (unpaired) electrons. The Kier molecular flexibility index (Phi) is 2.04. The minimum absolute atomic E-state index is 0.0110. The first-order chi connectivity index (χ1) is 6.29. The van der Waals surface area contributed by atoms with Gasteiger partial charge in [-0.3, -0.25) is 9.79 Å². The zero-order valence-corrected chi connectivity index (χ0v) is 7.34. The number of nitrogens with zero attached hydrogens (tertiary/aromatic N) is 1. The number of carbonyl (C=O) groups is 1. The van der Waals surface area contributed by atoms with Crippen LogP contribution in [0.1, 0.15) is 19.3 Å². The van der Waals surface area contributed by atoms with Crippen molar-refractivity contribution in [1.82, 2.24) is 5.32 Å². The van der Waals surface area contributed by atoms with E-state index in [4.69, 9.17) is 0 Å². The van der Waals surface area contributed by atoms with Crippen molar-refractivity contribution >= 4 is 11.6 Å². The van der Waals surface area contributed by atoms with Crippen molar-refractivity contribution in [2.45, 2.75) is 19.3 Å². The molecule has 2 rings (SSSR count). The van der Waals surface area contributed by atoms with Crippen LogP contribution in [0.2, 0.25) is 0 Å². The highest BCUT2D eigenvalue weighted by molar-refractivity contribution is 6.22. The summed E-state index contributed by atoms with van der Waals surface area (Å²) in [6, 6.07) is 0. The molecule has 0 saturated carbocycles. The Morgan fingerprint density at radius 3 is 2.85 bits per heavy atom. The van der Waals surface area contributed by atoms with E-state index >= 15 is 0 Å². The number of allylic oxidation sites excluding steroid dienone is 1. The lowest BCUT2D eigenvalue weighted by Gasteiger charge is -2.14.